The van der Waals surface area contributed by atoms with Gasteiger partial charge in [0.05, 0.1) is 11.7 Å². The molecule has 2 nitrogen and oxygen atoms in total. The average Bonchev–Trinajstić information content (AvgIpc) is 2.77. The minimum Gasteiger partial charge on any atom is -0.318 e. The van der Waals surface area contributed by atoms with E-state index in [9.17, 15) is 0 Å². The van der Waals surface area contributed by atoms with Crippen molar-refractivity contribution in [2.24, 2.45) is 5.73 Å². The van der Waals surface area contributed by atoms with Crippen LogP contribution in [0.3, 0.4) is 0 Å². The van der Waals surface area contributed by atoms with Crippen molar-refractivity contribution >= 4 is 11.3 Å². The van der Waals surface area contributed by atoms with Crippen LogP contribution in [0.15, 0.2) is 23.6 Å². The van der Waals surface area contributed by atoms with Crippen LogP contribution in [0.1, 0.15) is 53.2 Å². The highest BCUT2D eigenvalue weighted by Gasteiger charge is 2.16. The molecule has 0 bridgehead atoms. The van der Waals surface area contributed by atoms with Crippen LogP contribution in [-0.4, -0.2) is 4.98 Å². The molecule has 1 aromatic heterocycles. The van der Waals surface area contributed by atoms with Crippen molar-refractivity contribution in [1.82, 2.24) is 4.98 Å². The lowest BCUT2D eigenvalue weighted by Gasteiger charge is -2.13. The monoisotopic (exact) mass is 260 g/mol. The maximum absolute atomic E-state index is 6.33. The van der Waals surface area contributed by atoms with Gasteiger partial charge in [0.25, 0.3) is 0 Å². The largest absolute Gasteiger partial charge is 0.318 e. The minimum atomic E-state index is -0.108. The first-order valence-corrected chi connectivity index (χ1v) is 7.15. The molecule has 0 aliphatic carbocycles. The molecule has 96 valence electrons. The van der Waals surface area contributed by atoms with Gasteiger partial charge in [0.1, 0.15) is 5.01 Å². The van der Waals surface area contributed by atoms with Gasteiger partial charge in [-0.05, 0) is 30.9 Å². The van der Waals surface area contributed by atoms with Gasteiger partial charge in [-0.2, -0.15) is 0 Å². The van der Waals surface area contributed by atoms with Crippen LogP contribution in [0.2, 0.25) is 0 Å². The van der Waals surface area contributed by atoms with E-state index in [1.807, 2.05) is 0 Å². The van der Waals surface area contributed by atoms with E-state index < -0.39 is 0 Å². The van der Waals surface area contributed by atoms with Crippen LogP contribution in [-0.2, 0) is 0 Å². The molecule has 18 heavy (non-hydrogen) atoms. The van der Waals surface area contributed by atoms with Crippen LogP contribution in [0.25, 0.3) is 0 Å². The fraction of sp³-hybridized carbons (Fsp3) is 0.400. The maximum atomic E-state index is 6.33. The third-order valence-electron chi connectivity index (χ3n) is 3.16. The van der Waals surface area contributed by atoms with Gasteiger partial charge in [0.15, 0.2) is 0 Å². The first-order chi connectivity index (χ1) is 8.49. The lowest BCUT2D eigenvalue weighted by Crippen LogP contribution is -2.13. The molecular formula is C15H20N2S. The lowest BCUT2D eigenvalue weighted by molar-refractivity contribution is 0.792. The summed E-state index contributed by atoms with van der Waals surface area (Å²) in [5.41, 5.74) is 11.1. The van der Waals surface area contributed by atoms with Gasteiger partial charge >= 0.3 is 0 Å². The Labute approximate surface area is 113 Å². The molecule has 0 amide bonds. The second-order valence-corrected chi connectivity index (χ2v) is 5.99. The highest BCUT2D eigenvalue weighted by Crippen LogP contribution is 2.27. The molecule has 0 fully saturated rings. The highest BCUT2D eigenvalue weighted by atomic mass is 32.1. The Morgan fingerprint density at radius 1 is 1.22 bits per heavy atom. The second kappa shape index (κ2) is 5.21. The fourth-order valence-electron chi connectivity index (χ4n) is 2.02. The smallest absolute Gasteiger partial charge is 0.114 e. The molecule has 3 heteroatoms. The summed E-state index contributed by atoms with van der Waals surface area (Å²) in [6, 6.07) is 6.29. The molecule has 0 spiro atoms. The number of nitrogens with zero attached hydrogens (tertiary/aromatic N) is 1. The Hall–Kier alpha value is -1.19. The number of hydrogen-bond donors (Lipinski definition) is 1. The molecule has 2 N–H and O–H groups in total. The number of rotatable bonds is 3. The zero-order valence-electron chi connectivity index (χ0n) is 11.4. The van der Waals surface area contributed by atoms with Gasteiger partial charge in [-0.1, -0.05) is 37.6 Å². The van der Waals surface area contributed by atoms with Crippen molar-refractivity contribution in [3.8, 4) is 0 Å². The Morgan fingerprint density at radius 3 is 2.50 bits per heavy atom. The summed E-state index contributed by atoms with van der Waals surface area (Å²) in [5.74, 6) is 0.460. The maximum Gasteiger partial charge on any atom is 0.114 e. The summed E-state index contributed by atoms with van der Waals surface area (Å²) >= 11 is 1.66. The number of benzene rings is 1. The first-order valence-electron chi connectivity index (χ1n) is 6.27. The van der Waals surface area contributed by atoms with Gasteiger partial charge in [-0.15, -0.1) is 11.3 Å². The van der Waals surface area contributed by atoms with E-state index in [0.29, 0.717) is 5.92 Å². The standard InChI is InChI=1S/C15H20N2S/c1-9(2)13-8-18-15(17-13)14(16)12-6-5-10(3)7-11(12)4/h5-9,14H,16H2,1-4H3. The van der Waals surface area contributed by atoms with Crippen molar-refractivity contribution < 1.29 is 0 Å². The summed E-state index contributed by atoms with van der Waals surface area (Å²) in [6.45, 7) is 8.52. The van der Waals surface area contributed by atoms with Crippen LogP contribution < -0.4 is 5.73 Å². The predicted molar refractivity (Wildman–Crippen MR) is 78.1 cm³/mol. The topological polar surface area (TPSA) is 38.9 Å². The van der Waals surface area contributed by atoms with Gasteiger partial charge in [-0.3, -0.25) is 0 Å². The van der Waals surface area contributed by atoms with Crippen molar-refractivity contribution in [2.75, 3.05) is 0 Å². The van der Waals surface area contributed by atoms with E-state index in [4.69, 9.17) is 5.73 Å². The van der Waals surface area contributed by atoms with E-state index in [1.54, 1.807) is 11.3 Å². The number of aromatic nitrogens is 1. The van der Waals surface area contributed by atoms with Crippen molar-refractivity contribution in [1.29, 1.82) is 0 Å². The summed E-state index contributed by atoms with van der Waals surface area (Å²) < 4.78 is 0. The van der Waals surface area contributed by atoms with Crippen LogP contribution in [0.5, 0.6) is 0 Å². The van der Waals surface area contributed by atoms with Gasteiger partial charge in [-0.25, -0.2) is 4.98 Å². The number of nitrogens with two attached hydrogens (primary N) is 1. The quantitative estimate of drug-likeness (QED) is 0.908. The third-order valence-corrected chi connectivity index (χ3v) is 4.10. The molecule has 0 aliphatic rings. The van der Waals surface area contributed by atoms with E-state index in [2.05, 4.69) is 56.3 Å². The molecule has 0 saturated carbocycles. The Morgan fingerprint density at radius 2 is 1.94 bits per heavy atom. The number of thiazole rings is 1. The van der Waals surface area contributed by atoms with Gasteiger partial charge in [0.2, 0.25) is 0 Å². The fourth-order valence-corrected chi connectivity index (χ4v) is 3.01. The second-order valence-electron chi connectivity index (χ2n) is 5.10. The Balaban J connectivity index is 2.32. The minimum absolute atomic E-state index is 0.108. The van der Waals surface area contributed by atoms with Crippen molar-refractivity contribution in [2.45, 2.75) is 39.7 Å². The molecule has 1 unspecified atom stereocenters. The van der Waals surface area contributed by atoms with E-state index in [1.165, 1.54) is 16.7 Å². The molecular weight excluding hydrogens is 240 g/mol. The molecule has 2 rings (SSSR count). The normalized spacial score (nSPS) is 13.0. The lowest BCUT2D eigenvalue weighted by atomic mass is 10.00. The summed E-state index contributed by atoms with van der Waals surface area (Å²) in [7, 11) is 0. The van der Waals surface area contributed by atoms with Gasteiger partial charge in [0, 0.05) is 5.38 Å². The van der Waals surface area contributed by atoms with Crippen molar-refractivity contribution in [3.05, 3.63) is 51.0 Å². The zero-order valence-corrected chi connectivity index (χ0v) is 12.2. The van der Waals surface area contributed by atoms with Crippen molar-refractivity contribution in [3.63, 3.8) is 0 Å². The third kappa shape index (κ3) is 2.62. The Bertz CT molecular complexity index is 543. The first kappa shape index (κ1) is 13.2. The molecule has 0 aliphatic heterocycles. The van der Waals surface area contributed by atoms with Crippen LogP contribution >= 0.6 is 11.3 Å². The summed E-state index contributed by atoms with van der Waals surface area (Å²) in [6.07, 6.45) is 0. The summed E-state index contributed by atoms with van der Waals surface area (Å²) in [5, 5.41) is 3.12. The number of aryl methyl sites for hydroxylation is 2. The zero-order chi connectivity index (χ0) is 13.3. The molecule has 1 aromatic carbocycles. The number of hydrogen-bond acceptors (Lipinski definition) is 3. The molecule has 1 atom stereocenters. The SMILES string of the molecule is Cc1ccc(C(N)c2nc(C(C)C)cs2)c(C)c1. The molecule has 0 saturated heterocycles. The van der Waals surface area contributed by atoms with E-state index in [-0.39, 0.29) is 6.04 Å². The van der Waals surface area contributed by atoms with E-state index >= 15 is 0 Å². The Kier molecular flexibility index (Phi) is 3.83. The molecule has 0 radical (unpaired) electrons. The predicted octanol–water partition coefficient (Wildman–Crippen LogP) is 3.93. The summed E-state index contributed by atoms with van der Waals surface area (Å²) in [4.78, 5) is 4.64. The molecule has 1 heterocycles. The van der Waals surface area contributed by atoms with Crippen LogP contribution in [0, 0.1) is 13.8 Å². The van der Waals surface area contributed by atoms with E-state index in [0.717, 1.165) is 10.7 Å². The highest BCUT2D eigenvalue weighted by molar-refractivity contribution is 7.09. The average molecular weight is 260 g/mol. The van der Waals surface area contributed by atoms with Gasteiger partial charge < -0.3 is 5.73 Å². The van der Waals surface area contributed by atoms with Crippen LogP contribution in [0.4, 0.5) is 0 Å². The molecule has 2 aromatic rings.